The van der Waals surface area contributed by atoms with Gasteiger partial charge >= 0.3 is 5.97 Å². The molecule has 2 rings (SSSR count). The third-order valence-corrected chi connectivity index (χ3v) is 3.72. The first-order valence-corrected chi connectivity index (χ1v) is 5.80. The number of aliphatic carboxylic acids is 1. The molecule has 2 aliphatic rings. The number of carboxylic acids is 1. The fourth-order valence-corrected chi connectivity index (χ4v) is 2.83. The average molecular weight is 213 g/mol. The van der Waals surface area contributed by atoms with E-state index in [0.29, 0.717) is 11.8 Å². The van der Waals surface area contributed by atoms with Crippen molar-refractivity contribution >= 4 is 5.97 Å². The van der Waals surface area contributed by atoms with Gasteiger partial charge in [0.15, 0.2) is 0 Å². The number of carbonyl (C=O) groups is 1. The molecule has 0 aromatic rings. The molecule has 0 bridgehead atoms. The van der Waals surface area contributed by atoms with Gasteiger partial charge in [-0.15, -0.1) is 0 Å². The van der Waals surface area contributed by atoms with Crippen LogP contribution in [0.4, 0.5) is 0 Å². The van der Waals surface area contributed by atoms with Crippen LogP contribution < -0.4 is 5.32 Å². The van der Waals surface area contributed by atoms with E-state index in [1.54, 1.807) is 0 Å². The maximum absolute atomic E-state index is 11.1. The van der Waals surface area contributed by atoms with Crippen molar-refractivity contribution in [3.8, 4) is 0 Å². The number of hydrogen-bond acceptors (Lipinski definition) is 3. The summed E-state index contributed by atoms with van der Waals surface area (Å²) in [4.78, 5) is 11.1. The molecule has 0 saturated carbocycles. The number of hydrogen-bond donors (Lipinski definition) is 2. The Hall–Kier alpha value is -0.610. The van der Waals surface area contributed by atoms with Crippen molar-refractivity contribution in [3.05, 3.63) is 0 Å². The summed E-state index contributed by atoms with van der Waals surface area (Å²) in [5.41, 5.74) is 0. The SMILES string of the molecule is O=C(O)C1CCNCC1C1CCOCC1. The first kappa shape index (κ1) is 10.9. The highest BCUT2D eigenvalue weighted by atomic mass is 16.5. The van der Waals surface area contributed by atoms with Crippen molar-refractivity contribution in [1.82, 2.24) is 5.32 Å². The summed E-state index contributed by atoms with van der Waals surface area (Å²) in [7, 11) is 0. The molecule has 15 heavy (non-hydrogen) atoms. The van der Waals surface area contributed by atoms with E-state index in [-0.39, 0.29) is 5.92 Å². The standard InChI is InChI=1S/C11H19NO3/c13-11(14)9-1-4-12-7-10(9)8-2-5-15-6-3-8/h8-10,12H,1-7H2,(H,13,14). The highest BCUT2D eigenvalue weighted by molar-refractivity contribution is 5.70. The molecule has 2 fully saturated rings. The monoisotopic (exact) mass is 213 g/mol. The Morgan fingerprint density at radius 3 is 2.67 bits per heavy atom. The van der Waals surface area contributed by atoms with E-state index in [2.05, 4.69) is 5.32 Å². The molecule has 4 nitrogen and oxygen atoms in total. The van der Waals surface area contributed by atoms with E-state index in [1.165, 1.54) is 0 Å². The molecule has 0 radical (unpaired) electrons. The van der Waals surface area contributed by atoms with Crippen LogP contribution >= 0.6 is 0 Å². The quantitative estimate of drug-likeness (QED) is 0.709. The van der Waals surface area contributed by atoms with Crippen molar-refractivity contribution in [2.45, 2.75) is 19.3 Å². The Labute approximate surface area is 90.0 Å². The van der Waals surface area contributed by atoms with Crippen LogP contribution in [0.15, 0.2) is 0 Å². The summed E-state index contributed by atoms with van der Waals surface area (Å²) in [6.07, 6.45) is 2.82. The smallest absolute Gasteiger partial charge is 0.306 e. The number of ether oxygens (including phenoxy) is 1. The second kappa shape index (κ2) is 4.94. The van der Waals surface area contributed by atoms with Gasteiger partial charge < -0.3 is 15.2 Å². The Balaban J connectivity index is 1.99. The topological polar surface area (TPSA) is 58.6 Å². The lowest BCUT2D eigenvalue weighted by Gasteiger charge is -2.37. The Kier molecular flexibility index (Phi) is 3.59. The van der Waals surface area contributed by atoms with Crippen LogP contribution in [0.1, 0.15) is 19.3 Å². The largest absolute Gasteiger partial charge is 0.481 e. The van der Waals surface area contributed by atoms with Crippen molar-refractivity contribution in [3.63, 3.8) is 0 Å². The molecule has 2 N–H and O–H groups in total. The van der Waals surface area contributed by atoms with E-state index in [0.717, 1.165) is 45.6 Å². The van der Waals surface area contributed by atoms with E-state index in [9.17, 15) is 9.90 Å². The van der Waals surface area contributed by atoms with Crippen LogP contribution in [-0.2, 0) is 9.53 Å². The zero-order valence-corrected chi connectivity index (χ0v) is 8.95. The summed E-state index contributed by atoms with van der Waals surface area (Å²) >= 11 is 0. The maximum atomic E-state index is 11.1. The lowest BCUT2D eigenvalue weighted by Crippen LogP contribution is -2.44. The minimum absolute atomic E-state index is 0.144. The minimum Gasteiger partial charge on any atom is -0.481 e. The summed E-state index contributed by atoms with van der Waals surface area (Å²) in [5.74, 6) is 0.0788. The van der Waals surface area contributed by atoms with Crippen LogP contribution in [0.5, 0.6) is 0 Å². The fraction of sp³-hybridized carbons (Fsp3) is 0.909. The zero-order valence-electron chi connectivity index (χ0n) is 8.95. The number of rotatable bonds is 2. The van der Waals surface area contributed by atoms with Gasteiger partial charge in [0.2, 0.25) is 0 Å². The van der Waals surface area contributed by atoms with Crippen LogP contribution in [0, 0.1) is 17.8 Å². The summed E-state index contributed by atoms with van der Waals surface area (Å²) in [6, 6.07) is 0. The molecule has 2 aliphatic heterocycles. The molecule has 0 aliphatic carbocycles. The van der Waals surface area contributed by atoms with E-state index in [4.69, 9.17) is 4.74 Å². The van der Waals surface area contributed by atoms with Crippen molar-refractivity contribution < 1.29 is 14.6 Å². The fourth-order valence-electron chi connectivity index (χ4n) is 2.83. The van der Waals surface area contributed by atoms with Gasteiger partial charge in [0.05, 0.1) is 5.92 Å². The molecular weight excluding hydrogens is 194 g/mol. The molecule has 0 aromatic carbocycles. The van der Waals surface area contributed by atoms with Crippen LogP contribution in [0.2, 0.25) is 0 Å². The van der Waals surface area contributed by atoms with Gasteiger partial charge in [-0.2, -0.15) is 0 Å². The van der Waals surface area contributed by atoms with Gasteiger partial charge in [-0.05, 0) is 44.2 Å². The zero-order chi connectivity index (χ0) is 10.7. The van der Waals surface area contributed by atoms with Crippen molar-refractivity contribution in [2.75, 3.05) is 26.3 Å². The molecule has 86 valence electrons. The summed E-state index contributed by atoms with van der Waals surface area (Å²) in [5, 5.41) is 12.5. The molecular formula is C11H19NO3. The maximum Gasteiger partial charge on any atom is 0.306 e. The summed E-state index contributed by atoms with van der Waals surface area (Å²) in [6.45, 7) is 3.30. The van der Waals surface area contributed by atoms with Gasteiger partial charge in [-0.1, -0.05) is 0 Å². The second-order valence-corrected chi connectivity index (χ2v) is 4.55. The highest BCUT2D eigenvalue weighted by Crippen LogP contribution is 2.32. The molecule has 4 heteroatoms. The Bertz CT molecular complexity index is 226. The number of nitrogens with one attached hydrogen (secondary N) is 1. The minimum atomic E-state index is -0.618. The third-order valence-electron chi connectivity index (χ3n) is 3.72. The van der Waals surface area contributed by atoms with Crippen LogP contribution in [0.3, 0.4) is 0 Å². The average Bonchev–Trinajstić information content (AvgIpc) is 2.30. The van der Waals surface area contributed by atoms with E-state index >= 15 is 0 Å². The Morgan fingerprint density at radius 1 is 1.27 bits per heavy atom. The molecule has 2 atom stereocenters. The third kappa shape index (κ3) is 2.49. The van der Waals surface area contributed by atoms with Crippen LogP contribution in [-0.4, -0.2) is 37.4 Å². The predicted octanol–water partition coefficient (Wildman–Crippen LogP) is 0.723. The van der Waals surface area contributed by atoms with Gasteiger partial charge in [-0.25, -0.2) is 0 Å². The van der Waals surface area contributed by atoms with Crippen molar-refractivity contribution in [1.29, 1.82) is 0 Å². The molecule has 2 saturated heterocycles. The van der Waals surface area contributed by atoms with Gasteiger partial charge in [-0.3, -0.25) is 4.79 Å². The molecule has 2 unspecified atom stereocenters. The number of carboxylic acid groups (broad SMARTS) is 1. The lowest BCUT2D eigenvalue weighted by molar-refractivity contribution is -0.146. The lowest BCUT2D eigenvalue weighted by atomic mass is 9.74. The van der Waals surface area contributed by atoms with Gasteiger partial charge in [0.1, 0.15) is 0 Å². The predicted molar refractivity (Wildman–Crippen MR) is 55.6 cm³/mol. The number of piperidine rings is 1. The van der Waals surface area contributed by atoms with E-state index < -0.39 is 5.97 Å². The van der Waals surface area contributed by atoms with Crippen LogP contribution in [0.25, 0.3) is 0 Å². The summed E-state index contributed by atoms with van der Waals surface area (Å²) < 4.78 is 5.32. The second-order valence-electron chi connectivity index (χ2n) is 4.55. The first-order valence-electron chi connectivity index (χ1n) is 5.80. The molecule has 0 amide bonds. The molecule has 0 spiro atoms. The van der Waals surface area contributed by atoms with Gasteiger partial charge in [0.25, 0.3) is 0 Å². The Morgan fingerprint density at radius 2 is 2.00 bits per heavy atom. The molecule has 0 aromatic heterocycles. The van der Waals surface area contributed by atoms with E-state index in [1.807, 2.05) is 0 Å². The highest BCUT2D eigenvalue weighted by Gasteiger charge is 2.36. The van der Waals surface area contributed by atoms with Crippen molar-refractivity contribution in [2.24, 2.45) is 17.8 Å². The molecule has 2 heterocycles. The van der Waals surface area contributed by atoms with Gasteiger partial charge in [0, 0.05) is 13.2 Å². The normalized spacial score (nSPS) is 33.9. The first-order chi connectivity index (χ1) is 7.29.